The van der Waals surface area contributed by atoms with Gasteiger partial charge in [0.2, 0.25) is 0 Å². The van der Waals surface area contributed by atoms with Crippen LogP contribution in [0.2, 0.25) is 0 Å². The summed E-state index contributed by atoms with van der Waals surface area (Å²) in [7, 11) is 0. The highest BCUT2D eigenvalue weighted by atomic mass is 15.5. The minimum Gasteiger partial charge on any atom is -0.352 e. The highest BCUT2D eigenvalue weighted by molar-refractivity contribution is 5.56. The monoisotopic (exact) mass is 379 g/mol. The highest BCUT2D eigenvalue weighted by Crippen LogP contribution is 2.48. The first-order valence-electron chi connectivity index (χ1n) is 12.4. The molecule has 2 nitrogen and oxygen atoms in total. The standard InChI is InChI=1S/C26H38N2/c1-19-11-9-10-16-24(19)28-20(2)25-23(21-12-5-3-6-13-21)17-18-27(25)26(28)22-14-7-4-8-15-22/h9-11,16-18,20-23,25-26H,3-8,12-15H2,1-2H3/t20-,23?,25?,26?/m0/s1/i23D. The fourth-order valence-corrected chi connectivity index (χ4v) is 6.78. The maximum atomic E-state index is 9.69. The van der Waals surface area contributed by atoms with Crippen LogP contribution < -0.4 is 4.90 Å². The molecule has 3 unspecified atom stereocenters. The second-order valence-electron chi connectivity index (χ2n) is 9.79. The lowest BCUT2D eigenvalue weighted by molar-refractivity contribution is 0.146. The molecular formula is C26H38N2. The van der Waals surface area contributed by atoms with Crippen LogP contribution in [0.5, 0.6) is 0 Å². The van der Waals surface area contributed by atoms with E-state index in [9.17, 15) is 1.37 Å². The van der Waals surface area contributed by atoms with E-state index in [0.717, 1.165) is 0 Å². The fraction of sp³-hybridized carbons (Fsp3) is 0.692. The van der Waals surface area contributed by atoms with E-state index < -0.39 is 5.89 Å². The summed E-state index contributed by atoms with van der Waals surface area (Å²) < 4.78 is 9.69. The van der Waals surface area contributed by atoms with Crippen LogP contribution in [0, 0.1) is 24.7 Å². The molecule has 152 valence electrons. The molecule has 3 fully saturated rings. The van der Waals surface area contributed by atoms with E-state index >= 15 is 0 Å². The average Bonchev–Trinajstić information content (AvgIpc) is 3.26. The lowest BCUT2D eigenvalue weighted by atomic mass is 9.76. The van der Waals surface area contributed by atoms with Crippen LogP contribution in [0.3, 0.4) is 0 Å². The van der Waals surface area contributed by atoms with Gasteiger partial charge >= 0.3 is 0 Å². The average molecular weight is 380 g/mol. The van der Waals surface area contributed by atoms with E-state index in [1.165, 1.54) is 75.5 Å². The normalized spacial score (nSPS) is 37.4. The van der Waals surface area contributed by atoms with Gasteiger partial charge in [0.05, 0.1) is 6.04 Å². The molecule has 0 bridgehead atoms. The van der Waals surface area contributed by atoms with Gasteiger partial charge in [-0.05, 0) is 69.2 Å². The van der Waals surface area contributed by atoms with Gasteiger partial charge in [0.25, 0.3) is 0 Å². The quantitative estimate of drug-likeness (QED) is 0.591. The number of anilines is 1. The summed E-state index contributed by atoms with van der Waals surface area (Å²) >= 11 is 0. The lowest BCUT2D eigenvalue weighted by Crippen LogP contribution is -2.45. The molecule has 0 N–H and O–H groups in total. The van der Waals surface area contributed by atoms with E-state index in [-0.39, 0.29) is 6.04 Å². The zero-order valence-corrected chi connectivity index (χ0v) is 17.8. The predicted molar refractivity (Wildman–Crippen MR) is 118 cm³/mol. The first-order valence-corrected chi connectivity index (χ1v) is 11.9. The molecule has 1 saturated heterocycles. The van der Waals surface area contributed by atoms with E-state index in [0.29, 0.717) is 24.0 Å². The van der Waals surface area contributed by atoms with Crippen LogP contribution in [-0.4, -0.2) is 23.1 Å². The molecule has 2 aliphatic carbocycles. The third-order valence-corrected chi connectivity index (χ3v) is 8.13. The molecule has 4 aliphatic rings. The van der Waals surface area contributed by atoms with Gasteiger partial charge in [-0.2, -0.15) is 0 Å². The minimum absolute atomic E-state index is 0.289. The number of para-hydroxylation sites is 1. The Kier molecular flexibility index (Phi) is 4.83. The number of hydrogen-bond donors (Lipinski definition) is 0. The van der Waals surface area contributed by atoms with E-state index in [2.05, 4.69) is 60.2 Å². The molecule has 28 heavy (non-hydrogen) atoms. The van der Waals surface area contributed by atoms with Gasteiger partial charge in [0, 0.05) is 19.0 Å². The van der Waals surface area contributed by atoms with Crippen molar-refractivity contribution < 1.29 is 1.37 Å². The molecule has 0 amide bonds. The Bertz CT molecular complexity index is 749. The second-order valence-corrected chi connectivity index (χ2v) is 9.79. The SMILES string of the molecule is [2H]C1(C2CCCCC2)C=CN2C(C3CCCCC3)N(c3ccccc3C)[C@@H](C)C21. The molecule has 0 spiro atoms. The van der Waals surface area contributed by atoms with Crippen molar-refractivity contribution in [2.24, 2.45) is 17.7 Å². The molecule has 2 aliphatic heterocycles. The Morgan fingerprint density at radius 3 is 2.21 bits per heavy atom. The van der Waals surface area contributed by atoms with Crippen molar-refractivity contribution in [1.82, 2.24) is 4.90 Å². The molecule has 0 radical (unpaired) electrons. The number of nitrogens with zero attached hydrogens (tertiary/aromatic N) is 2. The molecule has 0 aromatic heterocycles. The highest BCUT2D eigenvalue weighted by Gasteiger charge is 2.52. The van der Waals surface area contributed by atoms with E-state index in [4.69, 9.17) is 0 Å². The lowest BCUT2D eigenvalue weighted by Gasteiger charge is -2.40. The van der Waals surface area contributed by atoms with Crippen LogP contribution in [0.1, 0.15) is 78.1 Å². The second kappa shape index (κ2) is 7.76. The molecule has 2 heterocycles. The maximum Gasteiger partial charge on any atom is 0.105 e. The first-order chi connectivity index (χ1) is 14.1. The Morgan fingerprint density at radius 2 is 1.54 bits per heavy atom. The zero-order valence-electron chi connectivity index (χ0n) is 18.8. The van der Waals surface area contributed by atoms with Crippen LogP contribution >= 0.6 is 0 Å². The summed E-state index contributed by atoms with van der Waals surface area (Å²) in [5.74, 6) is 0.812. The van der Waals surface area contributed by atoms with Gasteiger partial charge in [0.15, 0.2) is 0 Å². The molecular weight excluding hydrogens is 340 g/mol. The van der Waals surface area contributed by atoms with Gasteiger partial charge in [-0.25, -0.2) is 0 Å². The van der Waals surface area contributed by atoms with E-state index in [1.54, 1.807) is 0 Å². The third-order valence-electron chi connectivity index (χ3n) is 8.13. The van der Waals surface area contributed by atoms with Gasteiger partial charge in [-0.15, -0.1) is 0 Å². The van der Waals surface area contributed by atoms with E-state index in [1.807, 2.05) is 0 Å². The van der Waals surface area contributed by atoms with Crippen LogP contribution in [-0.2, 0) is 0 Å². The summed E-state index contributed by atoms with van der Waals surface area (Å²) in [5, 5.41) is 0. The van der Waals surface area contributed by atoms with Gasteiger partial charge < -0.3 is 9.80 Å². The number of aryl methyl sites for hydroxylation is 1. The number of hydrogen-bond acceptors (Lipinski definition) is 2. The van der Waals surface area contributed by atoms with Crippen LogP contribution in [0.25, 0.3) is 0 Å². The molecule has 1 aromatic carbocycles. The maximum absolute atomic E-state index is 9.69. The Hall–Kier alpha value is -1.44. The fourth-order valence-electron chi connectivity index (χ4n) is 6.78. The zero-order chi connectivity index (χ0) is 20.0. The number of benzene rings is 1. The third kappa shape index (κ3) is 3.08. The van der Waals surface area contributed by atoms with Crippen molar-refractivity contribution in [3.63, 3.8) is 0 Å². The minimum atomic E-state index is -0.426. The predicted octanol–water partition coefficient (Wildman–Crippen LogP) is 6.50. The summed E-state index contributed by atoms with van der Waals surface area (Å²) in [4.78, 5) is 5.38. The Morgan fingerprint density at radius 1 is 0.893 bits per heavy atom. The van der Waals surface area contributed by atoms with Crippen LogP contribution in [0.4, 0.5) is 5.69 Å². The molecule has 4 atom stereocenters. The van der Waals surface area contributed by atoms with Crippen molar-refractivity contribution in [3.05, 3.63) is 42.1 Å². The smallest absolute Gasteiger partial charge is 0.105 e. The number of fused-ring (bicyclic) bond motifs is 1. The van der Waals surface area contributed by atoms with Gasteiger partial charge in [-0.1, -0.05) is 62.8 Å². The molecule has 2 heteroatoms. The summed E-state index contributed by atoms with van der Waals surface area (Å²) in [6, 6.07) is 9.59. The van der Waals surface area contributed by atoms with Crippen molar-refractivity contribution in [3.8, 4) is 0 Å². The first kappa shape index (κ1) is 17.4. The summed E-state index contributed by atoms with van der Waals surface area (Å²) in [6.07, 6.45) is 18.3. The molecule has 1 aromatic rings. The molecule has 2 saturated carbocycles. The van der Waals surface area contributed by atoms with Crippen LogP contribution in [0.15, 0.2) is 36.5 Å². The Balaban J connectivity index is 1.54. The van der Waals surface area contributed by atoms with Crippen molar-refractivity contribution in [2.75, 3.05) is 4.90 Å². The Labute approximate surface area is 173 Å². The van der Waals surface area contributed by atoms with Gasteiger partial charge in [0.1, 0.15) is 6.17 Å². The summed E-state index contributed by atoms with van der Waals surface area (Å²) in [6.45, 7) is 4.67. The van der Waals surface area contributed by atoms with Crippen molar-refractivity contribution >= 4 is 5.69 Å². The summed E-state index contributed by atoms with van der Waals surface area (Å²) in [5.41, 5.74) is 2.77. The largest absolute Gasteiger partial charge is 0.352 e. The number of rotatable bonds is 3. The van der Waals surface area contributed by atoms with Crippen molar-refractivity contribution in [2.45, 2.75) is 96.3 Å². The molecule has 5 rings (SSSR count). The van der Waals surface area contributed by atoms with Gasteiger partial charge in [-0.3, -0.25) is 0 Å². The topological polar surface area (TPSA) is 6.48 Å². The van der Waals surface area contributed by atoms with Crippen molar-refractivity contribution in [1.29, 1.82) is 0 Å².